The molecule has 0 aromatic carbocycles. The summed E-state index contributed by atoms with van der Waals surface area (Å²) in [5.41, 5.74) is 0.694. The molecule has 4 nitrogen and oxygen atoms in total. The van der Waals surface area contributed by atoms with E-state index < -0.39 is 6.10 Å². The molecule has 1 aliphatic rings. The van der Waals surface area contributed by atoms with Crippen LogP contribution in [0.4, 0.5) is 0 Å². The van der Waals surface area contributed by atoms with Gasteiger partial charge >= 0.3 is 0 Å². The van der Waals surface area contributed by atoms with Crippen LogP contribution in [0.3, 0.4) is 0 Å². The van der Waals surface area contributed by atoms with Gasteiger partial charge in [0.1, 0.15) is 0 Å². The summed E-state index contributed by atoms with van der Waals surface area (Å²) in [5.74, 6) is 0. The fourth-order valence-corrected chi connectivity index (χ4v) is 2.82. The van der Waals surface area contributed by atoms with Crippen LogP contribution in [0.25, 0.3) is 0 Å². The van der Waals surface area contributed by atoms with E-state index in [9.17, 15) is 5.11 Å². The molecule has 19 heavy (non-hydrogen) atoms. The minimum absolute atomic E-state index is 0.284. The third-order valence-electron chi connectivity index (χ3n) is 4.09. The number of aromatic nitrogens is 2. The Kier molecular flexibility index (Phi) is 4.63. The minimum Gasteiger partial charge on any atom is -0.393 e. The van der Waals surface area contributed by atoms with E-state index in [4.69, 9.17) is 4.74 Å². The first kappa shape index (κ1) is 14.5. The van der Waals surface area contributed by atoms with E-state index in [0.717, 1.165) is 5.69 Å². The molecule has 1 heterocycles. The summed E-state index contributed by atoms with van der Waals surface area (Å²) in [5, 5.41) is 14.7. The predicted molar refractivity (Wildman–Crippen MR) is 75.1 cm³/mol. The van der Waals surface area contributed by atoms with Crippen LogP contribution < -0.4 is 0 Å². The normalized spacial score (nSPS) is 18.9. The second-order valence-corrected chi connectivity index (χ2v) is 6.25. The van der Waals surface area contributed by atoms with E-state index in [2.05, 4.69) is 16.0 Å². The fourth-order valence-electron chi connectivity index (χ4n) is 2.82. The van der Waals surface area contributed by atoms with Gasteiger partial charge in [-0.3, -0.25) is 4.68 Å². The quantitative estimate of drug-likeness (QED) is 0.861. The van der Waals surface area contributed by atoms with Crippen LogP contribution in [0, 0.1) is 0 Å². The summed E-state index contributed by atoms with van der Waals surface area (Å²) in [6.45, 7) is 3.99. The van der Waals surface area contributed by atoms with Gasteiger partial charge in [-0.1, -0.05) is 12.8 Å². The van der Waals surface area contributed by atoms with Gasteiger partial charge in [-0.25, -0.2) is 0 Å². The van der Waals surface area contributed by atoms with Crippen LogP contribution in [0.5, 0.6) is 0 Å². The van der Waals surface area contributed by atoms with E-state index in [0.29, 0.717) is 18.9 Å². The van der Waals surface area contributed by atoms with Crippen molar-refractivity contribution in [2.24, 2.45) is 0 Å². The number of hydrogen-bond donors (Lipinski definition) is 1. The van der Waals surface area contributed by atoms with Crippen molar-refractivity contribution >= 4 is 0 Å². The molecule has 0 bridgehead atoms. The third-order valence-corrected chi connectivity index (χ3v) is 4.09. The Morgan fingerprint density at radius 3 is 2.79 bits per heavy atom. The third kappa shape index (κ3) is 4.05. The molecule has 1 unspecified atom stereocenters. The Balaban J connectivity index is 1.88. The van der Waals surface area contributed by atoms with Crippen LogP contribution in [0.1, 0.15) is 57.7 Å². The molecule has 1 aromatic heterocycles. The molecule has 108 valence electrons. The Morgan fingerprint density at radius 2 is 2.16 bits per heavy atom. The van der Waals surface area contributed by atoms with Crippen molar-refractivity contribution in [1.82, 2.24) is 9.78 Å². The number of methoxy groups -OCH3 is 1. The van der Waals surface area contributed by atoms with Crippen molar-refractivity contribution in [3.8, 4) is 0 Å². The molecule has 4 heteroatoms. The Labute approximate surface area is 115 Å². The second kappa shape index (κ2) is 6.06. The zero-order valence-electron chi connectivity index (χ0n) is 12.3. The first-order valence-electron chi connectivity index (χ1n) is 7.27. The maximum atomic E-state index is 10.1. The largest absolute Gasteiger partial charge is 0.393 e. The number of nitrogens with zero attached hydrogens (tertiary/aromatic N) is 2. The summed E-state index contributed by atoms with van der Waals surface area (Å²) >= 11 is 0. The highest BCUT2D eigenvalue weighted by atomic mass is 16.5. The van der Waals surface area contributed by atoms with Crippen molar-refractivity contribution in [3.05, 3.63) is 18.0 Å². The van der Waals surface area contributed by atoms with Gasteiger partial charge in [-0.05, 0) is 32.8 Å². The smallest absolute Gasteiger partial charge is 0.0650 e. The molecule has 0 aliphatic heterocycles. The summed E-state index contributed by atoms with van der Waals surface area (Å²) in [6, 6.07) is 2.60. The summed E-state index contributed by atoms with van der Waals surface area (Å²) < 4.78 is 7.43. The van der Waals surface area contributed by atoms with Gasteiger partial charge in [0, 0.05) is 26.1 Å². The van der Waals surface area contributed by atoms with Gasteiger partial charge in [0.05, 0.1) is 23.4 Å². The van der Waals surface area contributed by atoms with Crippen LogP contribution in [0.15, 0.2) is 12.3 Å². The zero-order chi connectivity index (χ0) is 13.9. The average molecular weight is 266 g/mol. The second-order valence-electron chi connectivity index (χ2n) is 6.25. The highest BCUT2D eigenvalue weighted by molar-refractivity contribution is 5.02. The van der Waals surface area contributed by atoms with Crippen molar-refractivity contribution in [3.63, 3.8) is 0 Å². The molecule has 0 radical (unpaired) electrons. The van der Waals surface area contributed by atoms with E-state index in [1.54, 1.807) is 7.11 Å². The molecule has 0 amide bonds. The van der Waals surface area contributed by atoms with Gasteiger partial charge < -0.3 is 9.84 Å². The Morgan fingerprint density at radius 1 is 1.47 bits per heavy atom. The standard InChI is InChI=1S/C15H26N2O2/c1-15(2,19-3)11-14(18)10-12-8-9-17(16-12)13-6-4-5-7-13/h8-9,13-14,18H,4-7,10-11H2,1-3H3. The summed E-state index contributed by atoms with van der Waals surface area (Å²) in [6.07, 6.45) is 7.98. The monoisotopic (exact) mass is 266 g/mol. The fraction of sp³-hybridized carbons (Fsp3) is 0.800. The Bertz CT molecular complexity index is 395. The van der Waals surface area contributed by atoms with E-state index in [1.807, 2.05) is 19.9 Å². The maximum Gasteiger partial charge on any atom is 0.0650 e. The Hall–Kier alpha value is -0.870. The van der Waals surface area contributed by atoms with E-state index in [1.165, 1.54) is 25.7 Å². The van der Waals surface area contributed by atoms with Crippen molar-refractivity contribution in [1.29, 1.82) is 0 Å². The highest BCUT2D eigenvalue weighted by Gasteiger charge is 2.23. The van der Waals surface area contributed by atoms with Gasteiger partial charge in [0.15, 0.2) is 0 Å². The summed E-state index contributed by atoms with van der Waals surface area (Å²) in [7, 11) is 1.68. The number of aliphatic hydroxyl groups is 1. The first-order valence-corrected chi connectivity index (χ1v) is 7.27. The molecule has 2 rings (SSSR count). The maximum absolute atomic E-state index is 10.1. The summed E-state index contributed by atoms with van der Waals surface area (Å²) in [4.78, 5) is 0. The van der Waals surface area contributed by atoms with Crippen molar-refractivity contribution < 1.29 is 9.84 Å². The predicted octanol–water partition coefficient (Wildman–Crippen LogP) is 2.72. The lowest BCUT2D eigenvalue weighted by Crippen LogP contribution is -2.29. The van der Waals surface area contributed by atoms with Crippen LogP contribution in [-0.4, -0.2) is 33.7 Å². The first-order chi connectivity index (χ1) is 9.00. The molecule has 1 N–H and O–H groups in total. The number of hydrogen-bond acceptors (Lipinski definition) is 3. The topological polar surface area (TPSA) is 47.3 Å². The lowest BCUT2D eigenvalue weighted by atomic mass is 9.98. The minimum atomic E-state index is -0.401. The molecular weight excluding hydrogens is 240 g/mol. The zero-order valence-corrected chi connectivity index (χ0v) is 12.3. The lowest BCUT2D eigenvalue weighted by molar-refractivity contribution is -0.0192. The van der Waals surface area contributed by atoms with Crippen molar-refractivity contribution in [2.45, 2.75) is 70.1 Å². The average Bonchev–Trinajstić information content (AvgIpc) is 2.97. The number of rotatable bonds is 6. The van der Waals surface area contributed by atoms with Crippen LogP contribution >= 0.6 is 0 Å². The number of ether oxygens (including phenoxy) is 1. The molecule has 1 saturated carbocycles. The van der Waals surface area contributed by atoms with Crippen LogP contribution in [0.2, 0.25) is 0 Å². The van der Waals surface area contributed by atoms with E-state index in [-0.39, 0.29) is 5.60 Å². The molecule has 0 spiro atoms. The van der Waals surface area contributed by atoms with Crippen molar-refractivity contribution in [2.75, 3.05) is 7.11 Å². The molecule has 0 saturated heterocycles. The van der Waals surface area contributed by atoms with Gasteiger partial charge in [0.25, 0.3) is 0 Å². The number of aliphatic hydroxyl groups excluding tert-OH is 1. The van der Waals surface area contributed by atoms with Gasteiger partial charge in [-0.2, -0.15) is 5.10 Å². The molecule has 1 aliphatic carbocycles. The van der Waals surface area contributed by atoms with Gasteiger partial charge in [-0.15, -0.1) is 0 Å². The lowest BCUT2D eigenvalue weighted by Gasteiger charge is -2.25. The molecule has 1 fully saturated rings. The highest BCUT2D eigenvalue weighted by Crippen LogP contribution is 2.28. The van der Waals surface area contributed by atoms with E-state index >= 15 is 0 Å². The molecule has 1 atom stereocenters. The molecular formula is C15H26N2O2. The molecule has 1 aromatic rings. The van der Waals surface area contributed by atoms with Gasteiger partial charge in [0.2, 0.25) is 0 Å². The SMILES string of the molecule is COC(C)(C)CC(O)Cc1ccn(C2CCCC2)n1. The van der Waals surface area contributed by atoms with Crippen LogP contribution in [-0.2, 0) is 11.2 Å².